The highest BCUT2D eigenvalue weighted by Gasteiger charge is 2.73. The zero-order chi connectivity index (χ0) is 33.3. The monoisotopic (exact) mass is 702 g/mol. The van der Waals surface area contributed by atoms with E-state index in [4.69, 9.17) is 34.8 Å². The summed E-state index contributed by atoms with van der Waals surface area (Å²) < 4.78 is 0. The predicted octanol–water partition coefficient (Wildman–Crippen LogP) is 1.34. The fourth-order valence-electron chi connectivity index (χ4n) is 6.59. The van der Waals surface area contributed by atoms with Crippen LogP contribution in [0.1, 0.15) is 37.3 Å². The van der Waals surface area contributed by atoms with Crippen molar-refractivity contribution in [2.24, 2.45) is 17.0 Å². The van der Waals surface area contributed by atoms with Crippen molar-refractivity contribution in [3.05, 3.63) is 75.5 Å². The topological polar surface area (TPSA) is 215 Å². The summed E-state index contributed by atoms with van der Waals surface area (Å²) in [5.74, 6) is 1.02. The number of hydrogen-bond donors (Lipinski definition) is 5. The molecule has 4 atom stereocenters. The first-order valence-electron chi connectivity index (χ1n) is 14.2. The van der Waals surface area contributed by atoms with Crippen molar-refractivity contribution >= 4 is 70.9 Å². The number of amides is 4. The molecule has 2 saturated carbocycles. The quantitative estimate of drug-likeness (QED) is 0.109. The molecule has 0 spiro atoms. The first kappa shape index (κ1) is 33.8. The molecule has 0 radical (unpaired) electrons. The van der Waals surface area contributed by atoms with Crippen molar-refractivity contribution in [1.29, 1.82) is 5.26 Å². The van der Waals surface area contributed by atoms with Gasteiger partial charge in [0.1, 0.15) is 22.2 Å². The number of nitrogens with zero attached hydrogens (tertiary/aromatic N) is 4. The summed E-state index contributed by atoms with van der Waals surface area (Å²) in [5, 5.41) is 22.7. The zero-order valence-corrected chi connectivity index (χ0v) is 27.0. The molecule has 3 unspecified atom stereocenters. The average Bonchev–Trinajstić information content (AvgIpc) is 3.90. The minimum absolute atomic E-state index is 0. The Morgan fingerprint density at radius 1 is 1.09 bits per heavy atom. The predicted molar refractivity (Wildman–Crippen MR) is 170 cm³/mol. The van der Waals surface area contributed by atoms with Gasteiger partial charge in [-0.3, -0.25) is 29.5 Å². The second-order valence-corrected chi connectivity index (χ2v) is 13.0. The number of carboxylic acids is 1. The van der Waals surface area contributed by atoms with Crippen LogP contribution in [0.5, 0.6) is 0 Å². The minimum Gasteiger partial charge on any atom is -0.477 e. The summed E-state index contributed by atoms with van der Waals surface area (Å²) in [4.78, 5) is 70.6. The molecule has 47 heavy (non-hydrogen) atoms. The molecule has 2 heterocycles. The van der Waals surface area contributed by atoms with Gasteiger partial charge < -0.3 is 26.0 Å². The molecule has 17 heteroatoms. The van der Waals surface area contributed by atoms with E-state index in [9.17, 15) is 34.3 Å². The number of primary amides is 1. The minimum atomic E-state index is -1.85. The molecule has 6 rings (SSSR count). The highest BCUT2D eigenvalue weighted by Crippen LogP contribution is 2.56. The number of rotatable bonds is 9. The van der Waals surface area contributed by atoms with E-state index in [1.54, 1.807) is 31.2 Å². The van der Waals surface area contributed by atoms with Gasteiger partial charge in [-0.25, -0.2) is 10.6 Å². The van der Waals surface area contributed by atoms with Crippen LogP contribution in [0.25, 0.3) is 0 Å². The van der Waals surface area contributed by atoms with Gasteiger partial charge in [-0.2, -0.15) is 5.26 Å². The third-order valence-corrected chi connectivity index (χ3v) is 9.68. The summed E-state index contributed by atoms with van der Waals surface area (Å²) in [6, 6.07) is 12.1. The molecular formula is C30H29Cl3N8O6. The van der Waals surface area contributed by atoms with Crippen LogP contribution in [0.2, 0.25) is 10.0 Å². The highest BCUT2D eigenvalue weighted by atomic mass is 35.5. The summed E-state index contributed by atoms with van der Waals surface area (Å²) in [7, 11) is 0. The van der Waals surface area contributed by atoms with Crippen LogP contribution in [0, 0.1) is 16.7 Å². The number of fused-ring (bicyclic) bond motifs is 1. The molecule has 4 aliphatic rings. The van der Waals surface area contributed by atoms with E-state index in [1.165, 1.54) is 39.1 Å². The van der Waals surface area contributed by atoms with Gasteiger partial charge in [-0.15, -0.1) is 12.4 Å². The maximum Gasteiger partial charge on any atom is 0.353 e. The lowest BCUT2D eigenvalue weighted by Gasteiger charge is -2.37. The smallest absolute Gasteiger partial charge is 0.353 e. The third-order valence-electron chi connectivity index (χ3n) is 9.24. The van der Waals surface area contributed by atoms with Crippen LogP contribution in [-0.4, -0.2) is 67.9 Å². The molecule has 14 nitrogen and oxygen atoms in total. The van der Waals surface area contributed by atoms with Gasteiger partial charge in [0.2, 0.25) is 11.8 Å². The molecule has 2 aliphatic carbocycles. The van der Waals surface area contributed by atoms with Gasteiger partial charge in [0, 0.05) is 22.7 Å². The molecule has 2 aromatic carbocycles. The van der Waals surface area contributed by atoms with E-state index in [2.05, 4.69) is 5.32 Å². The highest BCUT2D eigenvalue weighted by molar-refractivity contribution is 6.35. The van der Waals surface area contributed by atoms with Crippen LogP contribution in [0.15, 0.2) is 54.4 Å². The van der Waals surface area contributed by atoms with E-state index in [1.807, 2.05) is 11.5 Å². The van der Waals surface area contributed by atoms with E-state index in [0.29, 0.717) is 24.0 Å². The zero-order valence-electron chi connectivity index (χ0n) is 24.7. The molecule has 2 aliphatic heterocycles. The number of hydrazine groups is 1. The fourth-order valence-corrected chi connectivity index (χ4v) is 7.10. The molecule has 0 aromatic heterocycles. The molecular weight excluding hydrogens is 675 g/mol. The van der Waals surface area contributed by atoms with E-state index >= 15 is 0 Å². The summed E-state index contributed by atoms with van der Waals surface area (Å²) in [5.41, 5.74) is 4.22. The fraction of sp³-hybridized carbons (Fsp3) is 0.333. The number of nitriles is 1. The van der Waals surface area contributed by atoms with Gasteiger partial charge in [-0.05, 0) is 62.1 Å². The number of carbonyl (C=O) groups excluding carboxylic acids is 4. The number of hydrogen-bond acceptors (Lipinski definition) is 9. The van der Waals surface area contributed by atoms with Crippen molar-refractivity contribution < 1.29 is 29.1 Å². The number of nitrogens with two attached hydrogens (primary N) is 2. The second kappa shape index (κ2) is 11.6. The molecule has 7 N–H and O–H groups in total. The summed E-state index contributed by atoms with van der Waals surface area (Å²) in [6.45, 7) is 1.59. The van der Waals surface area contributed by atoms with Crippen LogP contribution < -0.4 is 27.2 Å². The van der Waals surface area contributed by atoms with Crippen molar-refractivity contribution in [3.8, 4) is 6.07 Å². The van der Waals surface area contributed by atoms with Crippen LogP contribution in [0.3, 0.4) is 0 Å². The molecule has 4 amide bonds. The number of anilines is 1. The second-order valence-electron chi connectivity index (χ2n) is 12.1. The maximum atomic E-state index is 14.6. The average molecular weight is 704 g/mol. The number of nitrogens with one attached hydrogen (secondary N) is 2. The number of benzene rings is 2. The third kappa shape index (κ3) is 5.19. The molecule has 1 saturated heterocycles. The van der Waals surface area contributed by atoms with Gasteiger partial charge in [-0.1, -0.05) is 35.3 Å². The number of carboxylic acid groups (broad SMARTS) is 1. The largest absolute Gasteiger partial charge is 0.477 e. The first-order chi connectivity index (χ1) is 21.7. The Kier molecular flexibility index (Phi) is 8.35. The first-order valence-corrected chi connectivity index (χ1v) is 14.9. The molecule has 246 valence electrons. The lowest BCUT2D eigenvalue weighted by atomic mass is 9.90. The molecule has 2 aromatic rings. The number of carbonyl (C=O) groups is 5. The van der Waals surface area contributed by atoms with Crippen molar-refractivity contribution in [2.45, 2.75) is 56.0 Å². The van der Waals surface area contributed by atoms with Crippen LogP contribution in [-0.2, 0) is 30.4 Å². The number of halogens is 3. The Balaban J connectivity index is 0.00000433. The van der Waals surface area contributed by atoms with Crippen LogP contribution in [0.4, 0.5) is 5.69 Å². The Bertz CT molecular complexity index is 1770. The molecule has 3 fully saturated rings. The Labute approximate surface area is 284 Å². The Hall–Kier alpha value is -4.55. The van der Waals surface area contributed by atoms with Gasteiger partial charge in [0.05, 0.1) is 23.4 Å². The van der Waals surface area contributed by atoms with Gasteiger partial charge in [0.25, 0.3) is 11.8 Å². The molecule has 0 bridgehead atoms. The summed E-state index contributed by atoms with van der Waals surface area (Å²) in [6.07, 6.45) is 0.620. The Morgan fingerprint density at radius 2 is 1.70 bits per heavy atom. The number of aliphatic carboxylic acids is 1. The van der Waals surface area contributed by atoms with E-state index in [-0.39, 0.29) is 46.7 Å². The van der Waals surface area contributed by atoms with E-state index < -0.39 is 58.4 Å². The maximum absolute atomic E-state index is 14.6. The van der Waals surface area contributed by atoms with Gasteiger partial charge >= 0.3 is 5.97 Å². The van der Waals surface area contributed by atoms with Crippen LogP contribution >= 0.6 is 35.6 Å². The van der Waals surface area contributed by atoms with Crippen molar-refractivity contribution in [1.82, 2.24) is 20.5 Å². The van der Waals surface area contributed by atoms with E-state index in [0.717, 1.165) is 0 Å². The van der Waals surface area contributed by atoms with Gasteiger partial charge in [0.15, 0.2) is 6.29 Å². The SMILES string of the molecule is C[C@@]1(Cc2ccc(C#N)cc2)C(=O)N(c2cc(Cl)cc(Cl)c2)C2N(C3CC3(C(N)=O)C(=O)NC3(C(=O)NN)CC3)C=C(C(=O)O)N21.Cl. The normalized spacial score (nSPS) is 26.4. The standard InChI is InChI=1S/C30H28Cl2N8O6.ClH/c1-28(11-15-2-4-16(13-33)5-3-15)26(46)39(19-9-17(31)8-18(32)10-19)27-38(14-20(22(41)42)40(27)28)21-12-30(21,23(34)43)25(45)36-29(6-7-29)24(44)37-35;/h2-5,8-10,14,21,27H,6-7,11-12,35H2,1H3,(H2,34,43)(H,36,45)(H,37,44)(H,41,42);1H/t21?,27?,28-,30?;/m1./s1. The summed E-state index contributed by atoms with van der Waals surface area (Å²) >= 11 is 12.7. The van der Waals surface area contributed by atoms with Crippen molar-refractivity contribution in [3.63, 3.8) is 0 Å². The Morgan fingerprint density at radius 3 is 2.21 bits per heavy atom. The lowest BCUT2D eigenvalue weighted by Crippen LogP contribution is -2.56. The lowest BCUT2D eigenvalue weighted by molar-refractivity contribution is -0.140. The van der Waals surface area contributed by atoms with Crippen molar-refractivity contribution in [2.75, 3.05) is 4.90 Å².